The molecule has 2 unspecified atom stereocenters. The third-order valence-corrected chi connectivity index (χ3v) is 6.24. The molecule has 2 aliphatic rings. The van der Waals surface area contributed by atoms with Crippen molar-refractivity contribution in [1.29, 1.82) is 0 Å². The highest BCUT2D eigenvalue weighted by molar-refractivity contribution is 5.84. The van der Waals surface area contributed by atoms with E-state index in [1.54, 1.807) is 7.11 Å². The number of nitrogens with zero attached hydrogens (tertiary/aromatic N) is 1. The number of likely N-dealkylation sites (tertiary alicyclic amines) is 1. The predicted octanol–water partition coefficient (Wildman–Crippen LogP) is 3.59. The van der Waals surface area contributed by atoms with Crippen LogP contribution in [0.4, 0.5) is 0 Å². The molecule has 5 nitrogen and oxygen atoms in total. The Bertz CT molecular complexity index is 665. The molecule has 0 spiro atoms. The molecule has 2 atom stereocenters. The Morgan fingerprint density at radius 1 is 1.14 bits per heavy atom. The van der Waals surface area contributed by atoms with Crippen molar-refractivity contribution in [2.75, 3.05) is 26.7 Å². The van der Waals surface area contributed by atoms with Crippen LogP contribution in [0.1, 0.15) is 57.4 Å². The van der Waals surface area contributed by atoms with Crippen molar-refractivity contribution in [2.45, 2.75) is 51.9 Å². The smallest absolute Gasteiger partial charge is 0.225 e. The molecule has 0 bridgehead atoms. The maximum absolute atomic E-state index is 13.0. The second-order valence-electron chi connectivity index (χ2n) is 8.68. The fraction of sp³-hybridized carbons (Fsp3) is 0.652. The van der Waals surface area contributed by atoms with Crippen LogP contribution in [0.2, 0.25) is 0 Å². The summed E-state index contributed by atoms with van der Waals surface area (Å²) < 4.78 is 5.26. The lowest BCUT2D eigenvalue weighted by Gasteiger charge is -2.20. The molecule has 1 saturated heterocycles. The van der Waals surface area contributed by atoms with Gasteiger partial charge in [-0.1, -0.05) is 38.8 Å². The highest BCUT2D eigenvalue weighted by Gasteiger charge is 2.42. The molecule has 0 aromatic heterocycles. The third-order valence-electron chi connectivity index (χ3n) is 6.24. The first-order valence-corrected chi connectivity index (χ1v) is 10.7. The fourth-order valence-electron chi connectivity index (χ4n) is 4.48. The number of nitrogens with one attached hydrogen (secondary N) is 1. The second kappa shape index (κ2) is 9.44. The van der Waals surface area contributed by atoms with Crippen LogP contribution in [0.3, 0.4) is 0 Å². The largest absolute Gasteiger partial charge is 0.497 e. The molecule has 1 aliphatic heterocycles. The number of carbonyl (C=O) groups is 2. The summed E-state index contributed by atoms with van der Waals surface area (Å²) in [6.07, 6.45) is 5.24. The maximum Gasteiger partial charge on any atom is 0.225 e. The summed E-state index contributed by atoms with van der Waals surface area (Å²) in [5.74, 6) is 1.68. The molecule has 3 rings (SSSR count). The summed E-state index contributed by atoms with van der Waals surface area (Å²) in [6, 6.07) is 7.93. The highest BCUT2D eigenvalue weighted by atomic mass is 16.5. The standard InChI is InChI=1S/C23H34N2O3/c1-16(2)12-13-24-22(26)21-15-25(23(27)18-6-4-5-7-18)14-20(21)17-8-10-19(28-3)11-9-17/h8-11,16,18,20-21H,4-7,12-15H2,1-3H3,(H,24,26). The average Bonchev–Trinajstić information content (AvgIpc) is 3.37. The Kier molecular flexibility index (Phi) is 6.97. The van der Waals surface area contributed by atoms with E-state index in [0.717, 1.165) is 43.4 Å². The summed E-state index contributed by atoms with van der Waals surface area (Å²) in [7, 11) is 1.65. The average molecular weight is 387 g/mol. The summed E-state index contributed by atoms with van der Waals surface area (Å²) in [5.41, 5.74) is 1.10. The van der Waals surface area contributed by atoms with Gasteiger partial charge in [-0.05, 0) is 42.9 Å². The van der Waals surface area contributed by atoms with Crippen molar-refractivity contribution in [1.82, 2.24) is 10.2 Å². The van der Waals surface area contributed by atoms with Crippen LogP contribution in [0.5, 0.6) is 5.75 Å². The maximum atomic E-state index is 13.0. The van der Waals surface area contributed by atoms with Gasteiger partial charge in [-0.25, -0.2) is 0 Å². The van der Waals surface area contributed by atoms with Gasteiger partial charge in [0.15, 0.2) is 0 Å². The highest BCUT2D eigenvalue weighted by Crippen LogP contribution is 2.36. The first-order chi connectivity index (χ1) is 13.5. The molecule has 2 amide bonds. The number of hydrogen-bond donors (Lipinski definition) is 1. The Morgan fingerprint density at radius 3 is 2.43 bits per heavy atom. The number of rotatable bonds is 7. The zero-order valence-electron chi connectivity index (χ0n) is 17.4. The Morgan fingerprint density at radius 2 is 1.82 bits per heavy atom. The second-order valence-corrected chi connectivity index (χ2v) is 8.68. The summed E-state index contributed by atoms with van der Waals surface area (Å²) >= 11 is 0. The normalized spacial score (nSPS) is 22.6. The molecule has 1 heterocycles. The van der Waals surface area contributed by atoms with Gasteiger partial charge < -0.3 is 15.0 Å². The molecule has 1 saturated carbocycles. The molecule has 28 heavy (non-hydrogen) atoms. The molecule has 5 heteroatoms. The van der Waals surface area contributed by atoms with Crippen LogP contribution in [-0.4, -0.2) is 43.5 Å². The van der Waals surface area contributed by atoms with Gasteiger partial charge in [-0.3, -0.25) is 9.59 Å². The molecule has 2 fully saturated rings. The number of carbonyl (C=O) groups excluding carboxylic acids is 2. The summed E-state index contributed by atoms with van der Waals surface area (Å²) in [6.45, 7) is 6.16. The van der Waals surface area contributed by atoms with Gasteiger partial charge in [-0.2, -0.15) is 0 Å². The summed E-state index contributed by atoms with van der Waals surface area (Å²) in [5, 5.41) is 3.11. The van der Waals surface area contributed by atoms with E-state index >= 15 is 0 Å². The predicted molar refractivity (Wildman–Crippen MR) is 110 cm³/mol. The van der Waals surface area contributed by atoms with E-state index in [4.69, 9.17) is 4.74 Å². The monoisotopic (exact) mass is 386 g/mol. The minimum Gasteiger partial charge on any atom is -0.497 e. The van der Waals surface area contributed by atoms with Crippen LogP contribution in [0, 0.1) is 17.8 Å². The topological polar surface area (TPSA) is 58.6 Å². The van der Waals surface area contributed by atoms with E-state index in [0.29, 0.717) is 25.6 Å². The van der Waals surface area contributed by atoms with E-state index in [1.165, 1.54) is 0 Å². The van der Waals surface area contributed by atoms with Crippen LogP contribution in [0.25, 0.3) is 0 Å². The SMILES string of the molecule is COc1ccc(C2CN(C(=O)C3CCCC3)CC2C(=O)NCCC(C)C)cc1. The molecule has 1 aliphatic carbocycles. The van der Waals surface area contributed by atoms with Crippen molar-refractivity contribution < 1.29 is 14.3 Å². The number of methoxy groups -OCH3 is 1. The van der Waals surface area contributed by atoms with E-state index in [2.05, 4.69) is 19.2 Å². The first-order valence-electron chi connectivity index (χ1n) is 10.7. The molecule has 1 N–H and O–H groups in total. The van der Waals surface area contributed by atoms with Gasteiger partial charge in [0, 0.05) is 31.5 Å². The van der Waals surface area contributed by atoms with Crippen molar-refractivity contribution >= 4 is 11.8 Å². The van der Waals surface area contributed by atoms with E-state index in [-0.39, 0.29) is 29.6 Å². The third kappa shape index (κ3) is 4.86. The van der Waals surface area contributed by atoms with Crippen molar-refractivity contribution in [3.8, 4) is 5.75 Å². The van der Waals surface area contributed by atoms with Crippen molar-refractivity contribution in [2.24, 2.45) is 17.8 Å². The lowest BCUT2D eigenvalue weighted by atomic mass is 9.88. The zero-order valence-corrected chi connectivity index (χ0v) is 17.4. The van der Waals surface area contributed by atoms with Crippen LogP contribution < -0.4 is 10.1 Å². The Balaban J connectivity index is 1.74. The lowest BCUT2D eigenvalue weighted by Crippen LogP contribution is -2.37. The van der Waals surface area contributed by atoms with Gasteiger partial charge >= 0.3 is 0 Å². The lowest BCUT2D eigenvalue weighted by molar-refractivity contribution is -0.134. The Labute approximate surface area is 168 Å². The number of benzene rings is 1. The fourth-order valence-corrected chi connectivity index (χ4v) is 4.48. The van der Waals surface area contributed by atoms with Crippen LogP contribution >= 0.6 is 0 Å². The first kappa shape index (κ1) is 20.7. The number of amides is 2. The van der Waals surface area contributed by atoms with Gasteiger partial charge in [-0.15, -0.1) is 0 Å². The van der Waals surface area contributed by atoms with E-state index < -0.39 is 0 Å². The number of ether oxygens (including phenoxy) is 1. The molecule has 1 aromatic rings. The van der Waals surface area contributed by atoms with Crippen LogP contribution in [-0.2, 0) is 9.59 Å². The van der Waals surface area contributed by atoms with E-state index in [1.807, 2.05) is 29.2 Å². The van der Waals surface area contributed by atoms with Gasteiger partial charge in [0.1, 0.15) is 5.75 Å². The summed E-state index contributed by atoms with van der Waals surface area (Å²) in [4.78, 5) is 27.9. The molecular weight excluding hydrogens is 352 g/mol. The van der Waals surface area contributed by atoms with Gasteiger partial charge in [0.25, 0.3) is 0 Å². The van der Waals surface area contributed by atoms with Gasteiger partial charge in [0.05, 0.1) is 13.0 Å². The Hall–Kier alpha value is -2.04. The molecule has 154 valence electrons. The van der Waals surface area contributed by atoms with E-state index in [9.17, 15) is 9.59 Å². The molecular formula is C23H34N2O3. The minimum absolute atomic E-state index is 0.0373. The molecule has 1 aromatic carbocycles. The quantitative estimate of drug-likeness (QED) is 0.779. The number of hydrogen-bond acceptors (Lipinski definition) is 3. The zero-order chi connectivity index (χ0) is 20.1. The molecule has 0 radical (unpaired) electrons. The van der Waals surface area contributed by atoms with Gasteiger partial charge in [0.2, 0.25) is 11.8 Å². The van der Waals surface area contributed by atoms with Crippen molar-refractivity contribution in [3.05, 3.63) is 29.8 Å². The minimum atomic E-state index is -0.189. The van der Waals surface area contributed by atoms with Crippen LogP contribution in [0.15, 0.2) is 24.3 Å². The van der Waals surface area contributed by atoms with Crippen molar-refractivity contribution in [3.63, 3.8) is 0 Å².